The lowest BCUT2D eigenvalue weighted by Gasteiger charge is -2.22. The number of anilines is 1. The third-order valence-corrected chi connectivity index (χ3v) is 2.79. The minimum Gasteiger partial charge on any atom is -0.465 e. The second-order valence-corrected chi connectivity index (χ2v) is 4.12. The highest BCUT2D eigenvalue weighted by atomic mass is 35.5. The number of ether oxygens (including phenoxy) is 1. The molecule has 7 heteroatoms. The van der Waals surface area contributed by atoms with Crippen LogP contribution in [0.5, 0.6) is 0 Å². The molecule has 0 atom stereocenters. The van der Waals surface area contributed by atoms with Crippen LogP contribution >= 0.6 is 11.6 Å². The molecule has 1 aromatic rings. The molecule has 19 heavy (non-hydrogen) atoms. The summed E-state index contributed by atoms with van der Waals surface area (Å²) < 4.78 is 4.87. The molecule has 0 aliphatic heterocycles. The normalized spacial score (nSPS) is 10.1. The van der Waals surface area contributed by atoms with Gasteiger partial charge in [-0.2, -0.15) is 0 Å². The lowest BCUT2D eigenvalue weighted by molar-refractivity contribution is -0.384. The number of hydrogen-bond donors (Lipinski definition) is 0. The molecule has 0 N–H and O–H groups in total. The van der Waals surface area contributed by atoms with Crippen LogP contribution in [-0.2, 0) is 9.53 Å². The quantitative estimate of drug-likeness (QED) is 0.457. The third kappa shape index (κ3) is 4.10. The number of carbonyl (C=O) groups excluding carboxylic acids is 1. The summed E-state index contributed by atoms with van der Waals surface area (Å²) in [4.78, 5) is 23.3. The highest BCUT2D eigenvalue weighted by Crippen LogP contribution is 2.29. The third-order valence-electron chi connectivity index (χ3n) is 2.49. The van der Waals surface area contributed by atoms with Crippen molar-refractivity contribution < 1.29 is 14.5 Å². The van der Waals surface area contributed by atoms with Crippen molar-refractivity contribution in [2.45, 2.75) is 13.8 Å². The van der Waals surface area contributed by atoms with Crippen molar-refractivity contribution in [2.75, 3.05) is 24.6 Å². The van der Waals surface area contributed by atoms with Crippen LogP contribution in [0.3, 0.4) is 0 Å². The first kappa shape index (κ1) is 15.2. The number of likely N-dealkylation sites (N-methyl/N-ethyl adjacent to an activating group) is 1. The highest BCUT2D eigenvalue weighted by Gasteiger charge is 2.16. The van der Waals surface area contributed by atoms with Crippen LogP contribution in [-0.4, -0.2) is 30.6 Å². The highest BCUT2D eigenvalue weighted by molar-refractivity contribution is 6.33. The van der Waals surface area contributed by atoms with Crippen molar-refractivity contribution >= 4 is 28.9 Å². The van der Waals surface area contributed by atoms with Crippen LogP contribution in [0.4, 0.5) is 11.4 Å². The lowest BCUT2D eigenvalue weighted by Crippen LogP contribution is -2.31. The Labute approximate surface area is 116 Å². The van der Waals surface area contributed by atoms with Gasteiger partial charge in [0.2, 0.25) is 0 Å². The second kappa shape index (κ2) is 6.94. The summed E-state index contributed by atoms with van der Waals surface area (Å²) in [5.41, 5.74) is 0.490. The molecule has 0 unspecified atom stereocenters. The van der Waals surface area contributed by atoms with E-state index in [-0.39, 0.29) is 23.2 Å². The number of nitro benzene ring substituents is 1. The number of non-ortho nitro benzene ring substituents is 1. The second-order valence-electron chi connectivity index (χ2n) is 3.71. The minimum atomic E-state index is -0.517. The van der Waals surface area contributed by atoms with Gasteiger partial charge in [0.15, 0.2) is 0 Å². The maximum absolute atomic E-state index is 11.5. The Kier molecular flexibility index (Phi) is 5.57. The van der Waals surface area contributed by atoms with E-state index in [1.54, 1.807) is 11.8 Å². The average Bonchev–Trinajstić information content (AvgIpc) is 2.36. The Morgan fingerprint density at radius 2 is 2.16 bits per heavy atom. The first-order valence-corrected chi connectivity index (χ1v) is 6.21. The topological polar surface area (TPSA) is 72.7 Å². The summed E-state index contributed by atoms with van der Waals surface area (Å²) in [5.74, 6) is -0.362. The first-order valence-electron chi connectivity index (χ1n) is 5.84. The molecule has 0 spiro atoms. The van der Waals surface area contributed by atoms with E-state index < -0.39 is 4.92 Å². The van der Waals surface area contributed by atoms with Gasteiger partial charge in [-0.05, 0) is 19.9 Å². The van der Waals surface area contributed by atoms with Crippen molar-refractivity contribution in [3.8, 4) is 0 Å². The minimum absolute atomic E-state index is 0.0574. The number of rotatable bonds is 6. The smallest absolute Gasteiger partial charge is 0.325 e. The number of nitrogens with zero attached hydrogens (tertiary/aromatic N) is 2. The van der Waals surface area contributed by atoms with Gasteiger partial charge in [0.1, 0.15) is 6.54 Å². The molecule has 0 radical (unpaired) electrons. The number of carbonyl (C=O) groups is 1. The fraction of sp³-hybridized carbons (Fsp3) is 0.417. The summed E-state index contributed by atoms with van der Waals surface area (Å²) in [7, 11) is 0. The molecule has 0 aliphatic carbocycles. The van der Waals surface area contributed by atoms with Crippen molar-refractivity contribution in [3.63, 3.8) is 0 Å². The zero-order chi connectivity index (χ0) is 14.4. The Morgan fingerprint density at radius 3 is 2.63 bits per heavy atom. The zero-order valence-corrected chi connectivity index (χ0v) is 11.5. The SMILES string of the molecule is CCOC(=O)CN(CC)c1ccc([N+](=O)[O-])cc1Cl. The number of hydrogen-bond acceptors (Lipinski definition) is 5. The number of esters is 1. The van der Waals surface area contributed by atoms with Gasteiger partial charge >= 0.3 is 5.97 Å². The summed E-state index contributed by atoms with van der Waals surface area (Å²) in [6.45, 7) is 4.49. The van der Waals surface area contributed by atoms with Crippen LogP contribution < -0.4 is 4.90 Å². The summed E-state index contributed by atoms with van der Waals surface area (Å²) in [5, 5.41) is 10.9. The fourth-order valence-corrected chi connectivity index (χ4v) is 1.89. The predicted octanol–water partition coefficient (Wildman–Crippen LogP) is 2.64. The van der Waals surface area contributed by atoms with Gasteiger partial charge in [0, 0.05) is 18.7 Å². The maximum atomic E-state index is 11.5. The van der Waals surface area contributed by atoms with Crippen molar-refractivity contribution in [1.82, 2.24) is 0 Å². The molecule has 1 rings (SSSR count). The van der Waals surface area contributed by atoms with Gasteiger partial charge in [-0.25, -0.2) is 0 Å². The summed E-state index contributed by atoms with van der Waals surface area (Å²) in [6.07, 6.45) is 0. The van der Waals surface area contributed by atoms with E-state index in [2.05, 4.69) is 0 Å². The summed E-state index contributed by atoms with van der Waals surface area (Å²) >= 11 is 6.01. The van der Waals surface area contributed by atoms with E-state index >= 15 is 0 Å². The van der Waals surface area contributed by atoms with Gasteiger partial charge in [0.05, 0.1) is 22.2 Å². The van der Waals surface area contributed by atoms with E-state index in [0.29, 0.717) is 18.8 Å². The molecule has 0 saturated carbocycles. The molecule has 0 fully saturated rings. The van der Waals surface area contributed by atoms with Crippen molar-refractivity contribution in [3.05, 3.63) is 33.3 Å². The molecular formula is C12H15ClN2O4. The fourth-order valence-electron chi connectivity index (χ4n) is 1.60. The molecule has 6 nitrogen and oxygen atoms in total. The van der Waals surface area contributed by atoms with Crippen LogP contribution in [0.15, 0.2) is 18.2 Å². The van der Waals surface area contributed by atoms with Crippen molar-refractivity contribution in [2.24, 2.45) is 0 Å². The Balaban J connectivity index is 2.92. The molecule has 104 valence electrons. The molecule has 0 heterocycles. The van der Waals surface area contributed by atoms with E-state index in [1.165, 1.54) is 18.2 Å². The van der Waals surface area contributed by atoms with Crippen LogP contribution in [0.1, 0.15) is 13.8 Å². The predicted molar refractivity (Wildman–Crippen MR) is 72.6 cm³/mol. The van der Waals surface area contributed by atoms with Crippen LogP contribution in [0.25, 0.3) is 0 Å². The monoisotopic (exact) mass is 286 g/mol. The standard InChI is InChI=1S/C12H15ClN2O4/c1-3-14(8-12(16)19-4-2)11-6-5-9(15(17)18)7-10(11)13/h5-7H,3-4,8H2,1-2H3. The first-order chi connectivity index (χ1) is 8.99. The molecular weight excluding hydrogens is 272 g/mol. The van der Waals surface area contributed by atoms with Gasteiger partial charge in [-0.1, -0.05) is 11.6 Å². The molecule has 0 amide bonds. The van der Waals surface area contributed by atoms with Gasteiger partial charge in [-0.15, -0.1) is 0 Å². The Morgan fingerprint density at radius 1 is 1.47 bits per heavy atom. The molecule has 0 aliphatic rings. The number of nitro groups is 1. The maximum Gasteiger partial charge on any atom is 0.325 e. The van der Waals surface area contributed by atoms with Gasteiger partial charge < -0.3 is 9.64 Å². The van der Waals surface area contributed by atoms with E-state index in [1.807, 2.05) is 6.92 Å². The van der Waals surface area contributed by atoms with Crippen LogP contribution in [0.2, 0.25) is 5.02 Å². The number of halogens is 1. The Bertz CT molecular complexity index is 479. The van der Waals surface area contributed by atoms with Gasteiger partial charge in [0.25, 0.3) is 5.69 Å². The number of benzene rings is 1. The van der Waals surface area contributed by atoms with Gasteiger partial charge in [-0.3, -0.25) is 14.9 Å². The van der Waals surface area contributed by atoms with Crippen LogP contribution in [0, 0.1) is 10.1 Å². The zero-order valence-electron chi connectivity index (χ0n) is 10.8. The van der Waals surface area contributed by atoms with Crippen molar-refractivity contribution in [1.29, 1.82) is 0 Å². The van der Waals surface area contributed by atoms with E-state index in [4.69, 9.17) is 16.3 Å². The lowest BCUT2D eigenvalue weighted by atomic mass is 10.2. The largest absolute Gasteiger partial charge is 0.465 e. The molecule has 1 aromatic carbocycles. The molecule has 0 aromatic heterocycles. The molecule has 0 saturated heterocycles. The summed E-state index contributed by atoms with van der Waals surface area (Å²) in [6, 6.07) is 4.16. The average molecular weight is 287 g/mol. The van der Waals surface area contributed by atoms with E-state index in [0.717, 1.165) is 0 Å². The molecule has 0 bridgehead atoms. The Hall–Kier alpha value is -1.82. The van der Waals surface area contributed by atoms with E-state index in [9.17, 15) is 14.9 Å².